The lowest BCUT2D eigenvalue weighted by Gasteiger charge is -2.37. The van der Waals surface area contributed by atoms with E-state index in [1.54, 1.807) is 0 Å². The Hall–Kier alpha value is -1.24. The highest BCUT2D eigenvalue weighted by Gasteiger charge is 2.23. The molecule has 1 fully saturated rings. The predicted octanol–water partition coefficient (Wildman–Crippen LogP) is 2.93. The van der Waals surface area contributed by atoms with Crippen LogP contribution in [0.25, 0.3) is 10.2 Å². The van der Waals surface area contributed by atoms with Gasteiger partial charge in [0.15, 0.2) is 0 Å². The van der Waals surface area contributed by atoms with Crippen LogP contribution in [0.4, 0.5) is 5.82 Å². The first-order chi connectivity index (χ1) is 12.2. The van der Waals surface area contributed by atoms with Gasteiger partial charge in [0.1, 0.15) is 16.5 Å². The van der Waals surface area contributed by atoms with Gasteiger partial charge < -0.3 is 10.2 Å². The van der Waals surface area contributed by atoms with Crippen LogP contribution in [0.15, 0.2) is 0 Å². The lowest BCUT2D eigenvalue weighted by Crippen LogP contribution is -2.51. The maximum atomic E-state index is 4.75. The molecule has 1 saturated heterocycles. The molecule has 2 aromatic heterocycles. The Morgan fingerprint density at radius 1 is 1.16 bits per heavy atom. The van der Waals surface area contributed by atoms with Crippen LogP contribution in [0.2, 0.25) is 0 Å². The van der Waals surface area contributed by atoms with Gasteiger partial charge in [-0.05, 0) is 45.2 Å². The molecule has 0 bridgehead atoms. The number of anilines is 1. The van der Waals surface area contributed by atoms with Gasteiger partial charge in [-0.25, -0.2) is 9.97 Å². The molecule has 1 aliphatic carbocycles. The fourth-order valence-corrected chi connectivity index (χ4v) is 5.43. The van der Waals surface area contributed by atoms with Crippen LogP contribution < -0.4 is 5.32 Å². The number of nitrogens with one attached hydrogen (secondary N) is 1. The van der Waals surface area contributed by atoms with Crippen molar-refractivity contribution in [3.8, 4) is 0 Å². The molecule has 4 rings (SSSR count). The fourth-order valence-electron chi connectivity index (χ4n) is 4.12. The standard InChI is InChI=1S/C19H29N5S/c1-4-23-8-10-24(11-9-23)13(2)12-20-18-17-15-6-5-7-16(15)25-19(17)22-14(3)21-18/h13H,4-12H2,1-3H3,(H,20,21,22). The topological polar surface area (TPSA) is 44.3 Å². The van der Waals surface area contributed by atoms with E-state index in [-0.39, 0.29) is 0 Å². The Balaban J connectivity index is 1.48. The molecule has 1 atom stereocenters. The van der Waals surface area contributed by atoms with Gasteiger partial charge in [-0.3, -0.25) is 4.90 Å². The van der Waals surface area contributed by atoms with Gasteiger partial charge >= 0.3 is 0 Å². The number of thiophene rings is 1. The van der Waals surface area contributed by atoms with Crippen molar-refractivity contribution in [2.45, 2.75) is 46.1 Å². The van der Waals surface area contributed by atoms with Crippen LogP contribution in [0.5, 0.6) is 0 Å². The number of hydrogen-bond donors (Lipinski definition) is 1. The number of nitrogens with zero attached hydrogens (tertiary/aromatic N) is 4. The van der Waals surface area contributed by atoms with Gasteiger partial charge in [0, 0.05) is 43.6 Å². The van der Waals surface area contributed by atoms with Crippen LogP contribution in [-0.4, -0.2) is 65.1 Å². The third-order valence-corrected chi connectivity index (χ3v) is 6.90. The molecular formula is C19H29N5S. The second kappa shape index (κ2) is 7.17. The summed E-state index contributed by atoms with van der Waals surface area (Å²) in [7, 11) is 0. The lowest BCUT2D eigenvalue weighted by atomic mass is 10.2. The molecule has 25 heavy (non-hydrogen) atoms. The van der Waals surface area contributed by atoms with Gasteiger partial charge in [0.05, 0.1) is 5.39 Å². The fraction of sp³-hybridized carbons (Fsp3) is 0.684. The van der Waals surface area contributed by atoms with Crippen LogP contribution >= 0.6 is 11.3 Å². The summed E-state index contributed by atoms with van der Waals surface area (Å²) >= 11 is 1.87. The van der Waals surface area contributed by atoms with Crippen molar-refractivity contribution in [3.63, 3.8) is 0 Å². The minimum atomic E-state index is 0.524. The Kier molecular flexibility index (Phi) is 4.93. The average molecular weight is 360 g/mol. The maximum Gasteiger partial charge on any atom is 0.138 e. The van der Waals surface area contributed by atoms with Gasteiger partial charge in [-0.1, -0.05) is 6.92 Å². The number of rotatable bonds is 5. The van der Waals surface area contributed by atoms with Gasteiger partial charge in [0.25, 0.3) is 0 Å². The van der Waals surface area contributed by atoms with Crippen molar-refractivity contribution >= 4 is 27.4 Å². The molecule has 136 valence electrons. The number of hydrogen-bond acceptors (Lipinski definition) is 6. The van der Waals surface area contributed by atoms with E-state index in [1.807, 2.05) is 18.3 Å². The molecule has 1 N–H and O–H groups in total. The average Bonchev–Trinajstić information content (AvgIpc) is 3.20. The van der Waals surface area contributed by atoms with Gasteiger partial charge in [-0.2, -0.15) is 0 Å². The summed E-state index contributed by atoms with van der Waals surface area (Å²) in [5.74, 6) is 1.93. The highest BCUT2D eigenvalue weighted by Crippen LogP contribution is 2.39. The Morgan fingerprint density at radius 2 is 1.96 bits per heavy atom. The molecule has 1 aliphatic heterocycles. The number of likely N-dealkylation sites (N-methyl/N-ethyl adjacent to an activating group) is 1. The van der Waals surface area contributed by atoms with Gasteiger partial charge in [-0.15, -0.1) is 11.3 Å². The van der Waals surface area contributed by atoms with E-state index in [0.29, 0.717) is 6.04 Å². The summed E-state index contributed by atoms with van der Waals surface area (Å²) < 4.78 is 0. The number of aryl methyl sites for hydroxylation is 3. The summed E-state index contributed by atoms with van der Waals surface area (Å²) in [6, 6.07) is 0.524. The molecule has 0 saturated carbocycles. The third-order valence-electron chi connectivity index (χ3n) is 5.72. The molecule has 0 aromatic carbocycles. The number of fused-ring (bicyclic) bond motifs is 3. The van der Waals surface area contributed by atoms with Crippen LogP contribution in [-0.2, 0) is 12.8 Å². The monoisotopic (exact) mass is 359 g/mol. The molecule has 3 heterocycles. The molecule has 1 unspecified atom stereocenters. The van der Waals surface area contributed by atoms with Crippen molar-refractivity contribution in [3.05, 3.63) is 16.3 Å². The SMILES string of the molecule is CCN1CCN(C(C)CNc2nc(C)nc3sc4c(c23)CCC4)CC1. The smallest absolute Gasteiger partial charge is 0.138 e. The van der Waals surface area contributed by atoms with Crippen molar-refractivity contribution in [2.24, 2.45) is 0 Å². The first-order valence-electron chi connectivity index (χ1n) is 9.65. The van der Waals surface area contributed by atoms with E-state index < -0.39 is 0 Å². The first kappa shape index (κ1) is 17.2. The zero-order valence-corrected chi connectivity index (χ0v) is 16.5. The summed E-state index contributed by atoms with van der Waals surface area (Å²) in [6.45, 7) is 13.4. The van der Waals surface area contributed by atoms with Gasteiger partial charge in [0.2, 0.25) is 0 Å². The van der Waals surface area contributed by atoms with E-state index >= 15 is 0 Å². The van der Waals surface area contributed by atoms with Crippen LogP contribution in [0.1, 0.15) is 36.5 Å². The quantitative estimate of drug-likeness (QED) is 0.889. The highest BCUT2D eigenvalue weighted by molar-refractivity contribution is 7.19. The first-order valence-corrected chi connectivity index (χ1v) is 10.5. The molecule has 6 heteroatoms. The normalized spacial score (nSPS) is 20.1. The Morgan fingerprint density at radius 3 is 2.72 bits per heavy atom. The maximum absolute atomic E-state index is 4.75. The summed E-state index contributed by atoms with van der Waals surface area (Å²) in [4.78, 5) is 17.3. The van der Waals surface area contributed by atoms with Crippen molar-refractivity contribution in [1.29, 1.82) is 0 Å². The molecule has 0 amide bonds. The molecule has 0 spiro atoms. The number of aromatic nitrogens is 2. The highest BCUT2D eigenvalue weighted by atomic mass is 32.1. The van der Waals surface area contributed by atoms with Crippen LogP contribution in [0, 0.1) is 6.92 Å². The minimum Gasteiger partial charge on any atom is -0.368 e. The molecule has 2 aromatic rings. The summed E-state index contributed by atoms with van der Waals surface area (Å²) in [5.41, 5.74) is 1.51. The van der Waals surface area contributed by atoms with Crippen molar-refractivity contribution < 1.29 is 0 Å². The van der Waals surface area contributed by atoms with Crippen molar-refractivity contribution in [1.82, 2.24) is 19.8 Å². The second-order valence-electron chi connectivity index (χ2n) is 7.36. The third kappa shape index (κ3) is 3.39. The van der Waals surface area contributed by atoms with E-state index in [9.17, 15) is 0 Å². The van der Waals surface area contributed by atoms with E-state index in [4.69, 9.17) is 4.98 Å². The lowest BCUT2D eigenvalue weighted by molar-refractivity contribution is 0.110. The Bertz CT molecular complexity index is 748. The van der Waals surface area contributed by atoms with E-state index in [2.05, 4.69) is 33.9 Å². The second-order valence-corrected chi connectivity index (χ2v) is 8.44. The van der Waals surface area contributed by atoms with Crippen molar-refractivity contribution in [2.75, 3.05) is 44.6 Å². The summed E-state index contributed by atoms with van der Waals surface area (Å²) in [6.07, 6.45) is 3.68. The molecular weight excluding hydrogens is 330 g/mol. The minimum absolute atomic E-state index is 0.524. The Labute approximate surface area is 154 Å². The van der Waals surface area contributed by atoms with Crippen LogP contribution in [0.3, 0.4) is 0 Å². The van der Waals surface area contributed by atoms with E-state index in [0.717, 1.165) is 18.2 Å². The summed E-state index contributed by atoms with van der Waals surface area (Å²) in [5, 5.41) is 4.96. The molecule has 5 nitrogen and oxygen atoms in total. The largest absolute Gasteiger partial charge is 0.368 e. The van der Waals surface area contributed by atoms with E-state index in [1.165, 1.54) is 72.6 Å². The zero-order valence-electron chi connectivity index (χ0n) is 15.6. The predicted molar refractivity (Wildman–Crippen MR) is 106 cm³/mol. The molecule has 0 radical (unpaired) electrons. The number of piperazine rings is 1. The zero-order chi connectivity index (χ0) is 17.4. The molecule has 2 aliphatic rings.